The minimum absolute atomic E-state index is 0.0772. The van der Waals surface area contributed by atoms with E-state index in [1.54, 1.807) is 13.8 Å². The maximum absolute atomic E-state index is 13.5. The first-order valence-electron chi connectivity index (χ1n) is 10.2. The van der Waals surface area contributed by atoms with Gasteiger partial charge in [-0.15, -0.1) is 0 Å². The summed E-state index contributed by atoms with van der Waals surface area (Å²) in [7, 11) is 0. The van der Waals surface area contributed by atoms with E-state index in [4.69, 9.17) is 9.47 Å². The van der Waals surface area contributed by atoms with E-state index in [0.717, 1.165) is 17.4 Å². The lowest BCUT2D eigenvalue weighted by atomic mass is 10.2. The molecule has 1 aliphatic rings. The smallest absolute Gasteiger partial charge is 0.337 e. The molecule has 1 fully saturated rings. The number of carbonyl (C=O) groups is 1. The van der Waals surface area contributed by atoms with Crippen LogP contribution < -0.4 is 11.2 Å². The largest absolute Gasteiger partial charge is 0.464 e. The predicted molar refractivity (Wildman–Crippen MR) is 110 cm³/mol. The van der Waals surface area contributed by atoms with E-state index >= 15 is 0 Å². The number of carbonyl (C=O) groups excluding carboxylic acids is 1. The van der Waals surface area contributed by atoms with Crippen molar-refractivity contribution in [3.63, 3.8) is 0 Å². The summed E-state index contributed by atoms with van der Waals surface area (Å²) in [6.07, 6.45) is 2.66. The van der Waals surface area contributed by atoms with Crippen LogP contribution in [0.5, 0.6) is 0 Å². The molecule has 2 aromatic heterocycles. The molecule has 31 heavy (non-hydrogen) atoms. The Balaban J connectivity index is 1.96. The highest BCUT2D eigenvalue weighted by molar-refractivity contribution is 5.79. The molecule has 10 heteroatoms. The van der Waals surface area contributed by atoms with Gasteiger partial charge in [-0.3, -0.25) is 9.36 Å². The highest BCUT2D eigenvalue weighted by atomic mass is 19.1. The normalized spacial score (nSPS) is 17.2. The lowest BCUT2D eigenvalue weighted by molar-refractivity contribution is -0.146. The molecule has 1 aromatic carbocycles. The first-order valence-corrected chi connectivity index (χ1v) is 10.2. The van der Waals surface area contributed by atoms with E-state index < -0.39 is 29.1 Å². The molecule has 0 aliphatic carbocycles. The number of benzene rings is 1. The zero-order chi connectivity index (χ0) is 22.1. The summed E-state index contributed by atoms with van der Waals surface area (Å²) in [5, 5.41) is 0. The van der Waals surface area contributed by atoms with Gasteiger partial charge in [0.1, 0.15) is 11.9 Å². The Labute approximate surface area is 176 Å². The number of hydrogen-bond acceptors (Lipinski definition) is 6. The first-order chi connectivity index (χ1) is 14.9. The Morgan fingerprint density at radius 1 is 1.32 bits per heavy atom. The van der Waals surface area contributed by atoms with Gasteiger partial charge in [0.05, 0.1) is 31.3 Å². The van der Waals surface area contributed by atoms with Gasteiger partial charge in [0.15, 0.2) is 11.2 Å². The van der Waals surface area contributed by atoms with Gasteiger partial charge in [0, 0.05) is 6.61 Å². The lowest BCUT2D eigenvalue weighted by Gasteiger charge is -2.17. The highest BCUT2D eigenvalue weighted by Crippen LogP contribution is 2.19. The molecule has 0 N–H and O–H groups in total. The SMILES string of the molecule is CCOC(=O)[C@H](C)n1cnc2c1c(=O)n(C[C@@H]1CCCO1)c(=O)n2-c1ccc(F)cc1. The van der Waals surface area contributed by atoms with E-state index in [2.05, 4.69) is 4.98 Å². The van der Waals surface area contributed by atoms with Crippen LogP contribution in [-0.4, -0.2) is 44.0 Å². The molecule has 0 bridgehead atoms. The van der Waals surface area contributed by atoms with Crippen molar-refractivity contribution in [3.05, 3.63) is 57.2 Å². The molecule has 0 saturated carbocycles. The van der Waals surface area contributed by atoms with Crippen molar-refractivity contribution in [1.29, 1.82) is 0 Å². The number of ether oxygens (including phenoxy) is 2. The quantitative estimate of drug-likeness (QED) is 0.553. The van der Waals surface area contributed by atoms with Crippen molar-refractivity contribution < 1.29 is 18.7 Å². The van der Waals surface area contributed by atoms with Crippen LogP contribution in [0.15, 0.2) is 40.2 Å². The van der Waals surface area contributed by atoms with Gasteiger partial charge in [0.2, 0.25) is 0 Å². The van der Waals surface area contributed by atoms with Gasteiger partial charge >= 0.3 is 11.7 Å². The van der Waals surface area contributed by atoms with Gasteiger partial charge in [-0.1, -0.05) is 0 Å². The number of fused-ring (bicyclic) bond motifs is 1. The average Bonchev–Trinajstić information content (AvgIpc) is 3.42. The van der Waals surface area contributed by atoms with Gasteiger partial charge in [0.25, 0.3) is 5.56 Å². The Hall–Kier alpha value is -3.27. The average molecular weight is 430 g/mol. The van der Waals surface area contributed by atoms with Crippen molar-refractivity contribution in [3.8, 4) is 5.69 Å². The molecule has 0 amide bonds. The molecule has 0 unspecified atom stereocenters. The maximum atomic E-state index is 13.5. The molecule has 9 nitrogen and oxygen atoms in total. The van der Waals surface area contributed by atoms with Crippen LogP contribution in [-0.2, 0) is 20.8 Å². The second kappa shape index (κ2) is 8.46. The van der Waals surface area contributed by atoms with E-state index in [-0.39, 0.29) is 30.4 Å². The Kier molecular flexibility index (Phi) is 5.73. The molecule has 1 aliphatic heterocycles. The predicted octanol–water partition coefficient (Wildman–Crippen LogP) is 1.79. The van der Waals surface area contributed by atoms with Crippen LogP contribution in [0.3, 0.4) is 0 Å². The molecule has 164 valence electrons. The van der Waals surface area contributed by atoms with Crippen LogP contribution >= 0.6 is 0 Å². The fourth-order valence-corrected chi connectivity index (χ4v) is 3.79. The fraction of sp³-hybridized carbons (Fsp3) is 0.429. The number of imidazole rings is 1. The summed E-state index contributed by atoms with van der Waals surface area (Å²) in [5.41, 5.74) is -0.647. The molecular formula is C21H23FN4O5. The molecule has 3 heterocycles. The summed E-state index contributed by atoms with van der Waals surface area (Å²) >= 11 is 0. The van der Waals surface area contributed by atoms with Gasteiger partial charge in [-0.2, -0.15) is 0 Å². The number of nitrogens with zero attached hydrogens (tertiary/aromatic N) is 4. The van der Waals surface area contributed by atoms with E-state index in [9.17, 15) is 18.8 Å². The van der Waals surface area contributed by atoms with Crippen LogP contribution in [0.4, 0.5) is 4.39 Å². The minimum atomic E-state index is -0.826. The van der Waals surface area contributed by atoms with Crippen LogP contribution in [0.1, 0.15) is 32.7 Å². The molecule has 2 atom stereocenters. The van der Waals surface area contributed by atoms with Crippen molar-refractivity contribution >= 4 is 17.1 Å². The summed E-state index contributed by atoms with van der Waals surface area (Å²) in [6.45, 7) is 4.13. The highest BCUT2D eigenvalue weighted by Gasteiger charge is 2.26. The second-order valence-electron chi connectivity index (χ2n) is 7.40. The van der Waals surface area contributed by atoms with Crippen molar-refractivity contribution in [2.45, 2.75) is 45.4 Å². The number of hydrogen-bond donors (Lipinski definition) is 0. The first kappa shape index (κ1) is 21.0. The van der Waals surface area contributed by atoms with Crippen molar-refractivity contribution in [2.24, 2.45) is 0 Å². The molecular weight excluding hydrogens is 407 g/mol. The standard InChI is InChI=1S/C21H23FN4O5/c1-3-30-20(28)13(2)25-12-23-18-17(25)19(27)24(11-16-5-4-10-31-16)21(29)26(18)15-8-6-14(22)7-9-15/h6-9,12-13,16H,3-5,10-11H2,1-2H3/t13-,16-/m0/s1. The Bertz CT molecular complexity index is 1220. The molecule has 4 rings (SSSR count). The molecule has 1 saturated heterocycles. The molecule has 0 radical (unpaired) electrons. The van der Waals surface area contributed by atoms with E-state index in [1.165, 1.54) is 39.7 Å². The van der Waals surface area contributed by atoms with Crippen molar-refractivity contribution in [2.75, 3.05) is 13.2 Å². The van der Waals surface area contributed by atoms with Crippen LogP contribution in [0, 0.1) is 5.82 Å². The van der Waals surface area contributed by atoms with Gasteiger partial charge in [-0.25, -0.2) is 23.5 Å². The zero-order valence-electron chi connectivity index (χ0n) is 17.3. The summed E-state index contributed by atoms with van der Waals surface area (Å²) in [5.74, 6) is -0.978. The maximum Gasteiger partial charge on any atom is 0.337 e. The monoisotopic (exact) mass is 430 g/mol. The summed E-state index contributed by atoms with van der Waals surface area (Å²) in [4.78, 5) is 43.3. The minimum Gasteiger partial charge on any atom is -0.464 e. The lowest BCUT2D eigenvalue weighted by Crippen LogP contribution is -2.42. The Morgan fingerprint density at radius 2 is 2.06 bits per heavy atom. The summed E-state index contributed by atoms with van der Waals surface area (Å²) in [6, 6.07) is 4.49. The van der Waals surface area contributed by atoms with Gasteiger partial charge in [-0.05, 0) is 51.0 Å². The van der Waals surface area contributed by atoms with Crippen LogP contribution in [0.2, 0.25) is 0 Å². The van der Waals surface area contributed by atoms with Gasteiger partial charge < -0.3 is 14.0 Å². The third-order valence-electron chi connectivity index (χ3n) is 5.40. The third kappa shape index (κ3) is 3.78. The summed E-state index contributed by atoms with van der Waals surface area (Å²) < 4.78 is 27.9. The van der Waals surface area contributed by atoms with E-state index in [1.807, 2.05) is 0 Å². The number of halogens is 1. The topological polar surface area (TPSA) is 97.4 Å². The van der Waals surface area contributed by atoms with Crippen molar-refractivity contribution in [1.82, 2.24) is 18.7 Å². The number of rotatable bonds is 6. The molecule has 0 spiro atoms. The Morgan fingerprint density at radius 3 is 2.71 bits per heavy atom. The van der Waals surface area contributed by atoms with E-state index in [0.29, 0.717) is 12.3 Å². The van der Waals surface area contributed by atoms with Crippen LogP contribution in [0.25, 0.3) is 16.9 Å². The second-order valence-corrected chi connectivity index (χ2v) is 7.40. The number of esters is 1. The fourth-order valence-electron chi connectivity index (χ4n) is 3.79. The third-order valence-corrected chi connectivity index (χ3v) is 5.40. The number of aromatic nitrogens is 4. The molecule has 3 aromatic rings. The zero-order valence-corrected chi connectivity index (χ0v) is 17.3.